The maximum atomic E-state index is 11.6. The maximum Gasteiger partial charge on any atom is 0.312 e. The van der Waals surface area contributed by atoms with Crippen LogP contribution in [0.3, 0.4) is 0 Å². The van der Waals surface area contributed by atoms with Gasteiger partial charge in [0.25, 0.3) is 0 Å². The minimum atomic E-state index is -0.878. The second-order valence-corrected chi connectivity index (χ2v) is 4.85. The van der Waals surface area contributed by atoms with Gasteiger partial charge in [0.2, 0.25) is 5.91 Å². The van der Waals surface area contributed by atoms with Crippen LogP contribution in [0.15, 0.2) is 30.3 Å². The number of hydrogen-bond acceptors (Lipinski definition) is 3. The summed E-state index contributed by atoms with van der Waals surface area (Å²) < 4.78 is 0. The van der Waals surface area contributed by atoms with Crippen LogP contribution in [0, 0.1) is 0 Å². The fraction of sp³-hybridized carbons (Fsp3) is 0.467. The van der Waals surface area contributed by atoms with E-state index in [1.165, 1.54) is 0 Å². The number of amides is 1. The first kappa shape index (κ1) is 16.2. The Kier molecular flexibility index (Phi) is 6.73. The van der Waals surface area contributed by atoms with Crippen LogP contribution in [0.5, 0.6) is 0 Å². The highest BCUT2D eigenvalue weighted by Gasteiger charge is 2.22. The standard InChI is InChI=1S/C15H22N2O3/c1-3-9-16-14(18)11-17(2)10-13(15(19)20)12-7-5-4-6-8-12/h4-8,13H,3,9-11H2,1-2H3,(H,16,18)(H,19,20). The Bertz CT molecular complexity index is 434. The Morgan fingerprint density at radius 3 is 2.50 bits per heavy atom. The van der Waals surface area contributed by atoms with Gasteiger partial charge in [-0.1, -0.05) is 37.3 Å². The number of carbonyl (C=O) groups is 2. The fourth-order valence-corrected chi connectivity index (χ4v) is 1.95. The number of carboxylic acid groups (broad SMARTS) is 1. The van der Waals surface area contributed by atoms with E-state index in [0.29, 0.717) is 13.1 Å². The van der Waals surface area contributed by atoms with Crippen molar-refractivity contribution >= 4 is 11.9 Å². The zero-order valence-corrected chi connectivity index (χ0v) is 12.0. The zero-order valence-electron chi connectivity index (χ0n) is 12.0. The van der Waals surface area contributed by atoms with E-state index in [1.807, 2.05) is 25.1 Å². The molecule has 0 aliphatic heterocycles. The minimum Gasteiger partial charge on any atom is -0.481 e. The number of aliphatic carboxylic acids is 1. The first-order chi connectivity index (χ1) is 9.54. The number of carboxylic acids is 1. The van der Waals surface area contributed by atoms with Crippen molar-refractivity contribution in [3.05, 3.63) is 35.9 Å². The van der Waals surface area contributed by atoms with Gasteiger partial charge in [-0.05, 0) is 19.0 Å². The second kappa shape index (κ2) is 8.32. The molecule has 0 fully saturated rings. The van der Waals surface area contributed by atoms with Crippen molar-refractivity contribution in [1.29, 1.82) is 0 Å². The van der Waals surface area contributed by atoms with Gasteiger partial charge >= 0.3 is 5.97 Å². The first-order valence-electron chi connectivity index (χ1n) is 6.77. The summed E-state index contributed by atoms with van der Waals surface area (Å²) in [5.41, 5.74) is 0.751. The Hall–Kier alpha value is -1.88. The number of benzene rings is 1. The Morgan fingerprint density at radius 2 is 1.95 bits per heavy atom. The van der Waals surface area contributed by atoms with E-state index in [1.54, 1.807) is 24.1 Å². The lowest BCUT2D eigenvalue weighted by Crippen LogP contribution is -2.38. The molecule has 5 nitrogen and oxygen atoms in total. The van der Waals surface area contributed by atoms with Crippen molar-refractivity contribution in [3.63, 3.8) is 0 Å². The van der Waals surface area contributed by atoms with Crippen molar-refractivity contribution in [3.8, 4) is 0 Å². The van der Waals surface area contributed by atoms with Gasteiger partial charge in [0, 0.05) is 13.1 Å². The number of hydrogen-bond donors (Lipinski definition) is 2. The molecule has 110 valence electrons. The monoisotopic (exact) mass is 278 g/mol. The van der Waals surface area contributed by atoms with Crippen LogP contribution in [-0.4, -0.2) is 48.6 Å². The third kappa shape index (κ3) is 5.40. The van der Waals surface area contributed by atoms with E-state index < -0.39 is 11.9 Å². The molecule has 5 heteroatoms. The van der Waals surface area contributed by atoms with E-state index in [-0.39, 0.29) is 12.5 Å². The highest BCUT2D eigenvalue weighted by molar-refractivity contribution is 5.78. The molecule has 0 bridgehead atoms. The van der Waals surface area contributed by atoms with E-state index in [2.05, 4.69) is 5.32 Å². The number of carbonyl (C=O) groups excluding carboxylic acids is 1. The highest BCUT2D eigenvalue weighted by Crippen LogP contribution is 2.16. The lowest BCUT2D eigenvalue weighted by atomic mass is 9.99. The van der Waals surface area contributed by atoms with Gasteiger partial charge in [-0.2, -0.15) is 0 Å². The van der Waals surface area contributed by atoms with Gasteiger partial charge in [-0.25, -0.2) is 0 Å². The van der Waals surface area contributed by atoms with Gasteiger partial charge in [0.15, 0.2) is 0 Å². The van der Waals surface area contributed by atoms with Gasteiger partial charge in [-0.15, -0.1) is 0 Å². The van der Waals surface area contributed by atoms with Gasteiger partial charge in [0.1, 0.15) is 0 Å². The third-order valence-corrected chi connectivity index (χ3v) is 2.98. The minimum absolute atomic E-state index is 0.0773. The normalized spacial score (nSPS) is 12.2. The maximum absolute atomic E-state index is 11.6. The van der Waals surface area contributed by atoms with Crippen molar-refractivity contribution in [2.45, 2.75) is 19.3 Å². The molecule has 1 amide bonds. The van der Waals surface area contributed by atoms with Crippen molar-refractivity contribution in [2.24, 2.45) is 0 Å². The number of likely N-dealkylation sites (N-methyl/N-ethyl adjacent to an activating group) is 1. The smallest absolute Gasteiger partial charge is 0.312 e. The molecular formula is C15H22N2O3. The second-order valence-electron chi connectivity index (χ2n) is 4.85. The topological polar surface area (TPSA) is 69.6 Å². The summed E-state index contributed by atoms with van der Waals surface area (Å²) in [5, 5.41) is 12.1. The van der Waals surface area contributed by atoms with E-state index in [9.17, 15) is 14.7 Å². The molecular weight excluding hydrogens is 256 g/mol. The van der Waals surface area contributed by atoms with Gasteiger partial charge < -0.3 is 10.4 Å². The van der Waals surface area contributed by atoms with Crippen LogP contribution in [-0.2, 0) is 9.59 Å². The SMILES string of the molecule is CCCNC(=O)CN(C)CC(C(=O)O)c1ccccc1. The molecule has 1 unspecified atom stereocenters. The van der Waals surface area contributed by atoms with E-state index in [4.69, 9.17) is 0 Å². The Labute approximate surface area is 119 Å². The molecule has 20 heavy (non-hydrogen) atoms. The summed E-state index contributed by atoms with van der Waals surface area (Å²) in [7, 11) is 1.75. The van der Waals surface area contributed by atoms with Crippen LogP contribution in [0.2, 0.25) is 0 Å². The molecule has 0 heterocycles. The molecule has 0 spiro atoms. The molecule has 1 atom stereocenters. The summed E-state index contributed by atoms with van der Waals surface area (Å²) in [6, 6.07) is 9.08. The summed E-state index contributed by atoms with van der Waals surface area (Å²) in [4.78, 5) is 24.7. The average Bonchev–Trinajstić information content (AvgIpc) is 2.43. The molecule has 0 saturated heterocycles. The average molecular weight is 278 g/mol. The van der Waals surface area contributed by atoms with Crippen LogP contribution in [0.25, 0.3) is 0 Å². The molecule has 0 aliphatic rings. The molecule has 2 N–H and O–H groups in total. The first-order valence-corrected chi connectivity index (χ1v) is 6.77. The Morgan fingerprint density at radius 1 is 1.30 bits per heavy atom. The largest absolute Gasteiger partial charge is 0.481 e. The lowest BCUT2D eigenvalue weighted by molar-refractivity contribution is -0.139. The predicted molar refractivity (Wildman–Crippen MR) is 77.6 cm³/mol. The van der Waals surface area contributed by atoms with E-state index >= 15 is 0 Å². The summed E-state index contributed by atoms with van der Waals surface area (Å²) in [5.74, 6) is -1.58. The molecule has 1 aromatic rings. The zero-order chi connectivity index (χ0) is 15.0. The molecule has 0 saturated carbocycles. The van der Waals surface area contributed by atoms with E-state index in [0.717, 1.165) is 12.0 Å². The Balaban J connectivity index is 2.58. The van der Waals surface area contributed by atoms with Gasteiger partial charge in [0.05, 0.1) is 12.5 Å². The number of nitrogens with one attached hydrogen (secondary N) is 1. The fourth-order valence-electron chi connectivity index (χ4n) is 1.95. The van der Waals surface area contributed by atoms with Crippen molar-refractivity contribution in [1.82, 2.24) is 10.2 Å². The highest BCUT2D eigenvalue weighted by atomic mass is 16.4. The number of rotatable bonds is 8. The van der Waals surface area contributed by atoms with Crippen molar-refractivity contribution in [2.75, 3.05) is 26.7 Å². The molecule has 0 aliphatic carbocycles. The molecule has 0 aromatic heterocycles. The van der Waals surface area contributed by atoms with Crippen LogP contribution in [0.4, 0.5) is 0 Å². The van der Waals surface area contributed by atoms with Crippen LogP contribution >= 0.6 is 0 Å². The van der Waals surface area contributed by atoms with Crippen LogP contribution in [0.1, 0.15) is 24.8 Å². The molecule has 1 rings (SSSR count). The number of nitrogens with zero attached hydrogens (tertiary/aromatic N) is 1. The molecule has 1 aromatic carbocycles. The summed E-state index contributed by atoms with van der Waals surface area (Å²) >= 11 is 0. The summed E-state index contributed by atoms with van der Waals surface area (Å²) in [6.45, 7) is 3.14. The quantitative estimate of drug-likeness (QED) is 0.752. The predicted octanol–water partition coefficient (Wildman–Crippen LogP) is 1.31. The van der Waals surface area contributed by atoms with Gasteiger partial charge in [-0.3, -0.25) is 14.5 Å². The molecule has 0 radical (unpaired) electrons. The lowest BCUT2D eigenvalue weighted by Gasteiger charge is -2.21. The van der Waals surface area contributed by atoms with Crippen molar-refractivity contribution < 1.29 is 14.7 Å². The summed E-state index contributed by atoms with van der Waals surface area (Å²) in [6.07, 6.45) is 0.886. The van der Waals surface area contributed by atoms with Crippen LogP contribution < -0.4 is 5.32 Å². The third-order valence-electron chi connectivity index (χ3n) is 2.98.